The molecular weight excluding hydrogens is 486 g/mol. The molecular formula is C38H38NO+. The highest BCUT2D eigenvalue weighted by molar-refractivity contribution is 6.13. The van der Waals surface area contributed by atoms with Gasteiger partial charge in [0.1, 0.15) is 18.2 Å². The van der Waals surface area contributed by atoms with Crippen molar-refractivity contribution in [3.05, 3.63) is 113 Å². The molecule has 0 aliphatic heterocycles. The lowest BCUT2D eigenvalue weighted by Gasteiger charge is -2.19. The molecule has 2 nitrogen and oxygen atoms in total. The van der Waals surface area contributed by atoms with Crippen molar-refractivity contribution in [3.8, 4) is 33.5 Å². The smallest absolute Gasteiger partial charge is 0.216 e. The maximum absolute atomic E-state index is 9.11. The molecule has 0 aliphatic rings. The molecule has 0 saturated carbocycles. The molecule has 0 aliphatic carbocycles. The van der Waals surface area contributed by atoms with E-state index in [0.717, 1.165) is 27.5 Å². The summed E-state index contributed by atoms with van der Waals surface area (Å²) in [7, 11) is 1.73. The summed E-state index contributed by atoms with van der Waals surface area (Å²) in [5.41, 5.74) is 4.10. The topological polar surface area (TPSA) is 17.0 Å². The average Bonchev–Trinajstić information content (AvgIpc) is 3.38. The van der Waals surface area contributed by atoms with Crippen molar-refractivity contribution in [2.75, 3.05) is 0 Å². The first kappa shape index (κ1) is 17.5. The second-order valence-corrected chi connectivity index (χ2v) is 11.4. The second-order valence-electron chi connectivity index (χ2n) is 11.4. The molecule has 6 aromatic rings. The number of benzene rings is 4. The molecule has 0 unspecified atom stereocenters. The quantitative estimate of drug-likeness (QED) is 0.206. The zero-order valence-corrected chi connectivity index (χ0v) is 23.4. The first-order valence-electron chi connectivity index (χ1n) is 17.9. The summed E-state index contributed by atoms with van der Waals surface area (Å²) >= 11 is 0. The number of aromatic nitrogens is 1. The molecule has 0 saturated heterocycles. The van der Waals surface area contributed by atoms with E-state index in [1.165, 1.54) is 18.3 Å². The van der Waals surface area contributed by atoms with E-state index in [1.807, 2.05) is 67.6 Å². The lowest BCUT2D eigenvalue weighted by molar-refractivity contribution is -0.660. The summed E-state index contributed by atoms with van der Waals surface area (Å²) in [6.07, 6.45) is -0.506. The Labute approximate surface area is 250 Å². The third-order valence-electron chi connectivity index (χ3n) is 7.22. The van der Waals surface area contributed by atoms with Crippen LogP contribution in [-0.2, 0) is 13.4 Å². The maximum atomic E-state index is 9.11. The molecule has 2 heterocycles. The van der Waals surface area contributed by atoms with E-state index in [0.29, 0.717) is 22.4 Å². The summed E-state index contributed by atoms with van der Waals surface area (Å²) in [5, 5.41) is 1.79. The minimum Gasteiger partial charge on any atom is -0.454 e. The minimum atomic E-state index is -2.78. The van der Waals surface area contributed by atoms with Crippen molar-refractivity contribution in [2.24, 2.45) is 12.5 Å². The number of rotatable bonds is 4. The van der Waals surface area contributed by atoms with Crippen LogP contribution in [0.25, 0.3) is 55.4 Å². The first-order valence-corrected chi connectivity index (χ1v) is 13.4. The summed E-state index contributed by atoms with van der Waals surface area (Å²) < 4.78 is 85.9. The predicted octanol–water partition coefficient (Wildman–Crippen LogP) is 9.93. The number of hydrogen-bond donors (Lipinski definition) is 0. The maximum Gasteiger partial charge on any atom is 0.216 e. The largest absolute Gasteiger partial charge is 0.454 e. The Morgan fingerprint density at radius 3 is 2.33 bits per heavy atom. The van der Waals surface area contributed by atoms with Gasteiger partial charge in [-0.3, -0.25) is 0 Å². The van der Waals surface area contributed by atoms with Crippen molar-refractivity contribution in [3.63, 3.8) is 0 Å². The van der Waals surface area contributed by atoms with Gasteiger partial charge in [0.2, 0.25) is 5.69 Å². The Balaban J connectivity index is 1.69. The van der Waals surface area contributed by atoms with Gasteiger partial charge in [0, 0.05) is 38.9 Å². The standard InChI is InChI=1S/C38H38NO/c1-24-16-18-32-31-15-11-14-30(28-12-9-8-10-13-28)36(31)40-37(32)35(24)34-21-33(26(3)23-39(34)7)29-19-17-27(20-25(29)2)22-38(4,5)6/h8-21,23H,22H2,1-7H3/q+1/i2D3,3D3,19D,22D2. The molecule has 200 valence electrons. The van der Waals surface area contributed by atoms with Crippen LogP contribution < -0.4 is 4.57 Å². The van der Waals surface area contributed by atoms with Crippen LogP contribution in [0.15, 0.2) is 95.5 Å². The molecule has 40 heavy (non-hydrogen) atoms. The second kappa shape index (κ2) is 9.78. The SMILES string of the molecule is [2H]c1cc(C([2H])([2H])C(C)(C)C)cc(C([2H])([2H])[2H])c1-c1cc(-c2c(C)ccc3c2oc2c(-c4ccccc4)cccc23)[n+](C)cc1C([2H])([2H])[2H]. The van der Waals surface area contributed by atoms with E-state index in [-0.39, 0.29) is 33.9 Å². The van der Waals surface area contributed by atoms with Gasteiger partial charge in [0.15, 0.2) is 6.20 Å². The van der Waals surface area contributed by atoms with E-state index in [4.69, 9.17) is 16.8 Å². The zero-order valence-electron chi connectivity index (χ0n) is 32.4. The zero-order chi connectivity index (χ0) is 35.8. The number of hydrogen-bond acceptors (Lipinski definition) is 1. The molecule has 0 atom stereocenters. The van der Waals surface area contributed by atoms with E-state index in [2.05, 4.69) is 0 Å². The summed E-state index contributed by atoms with van der Waals surface area (Å²) in [6, 6.07) is 23.9. The lowest BCUT2D eigenvalue weighted by Crippen LogP contribution is -2.31. The number of pyridine rings is 1. The number of para-hydroxylation sites is 1. The third-order valence-corrected chi connectivity index (χ3v) is 7.22. The Morgan fingerprint density at radius 2 is 1.57 bits per heavy atom. The fourth-order valence-corrected chi connectivity index (χ4v) is 5.45. The van der Waals surface area contributed by atoms with Gasteiger partial charge in [-0.2, -0.15) is 0 Å². The molecule has 0 fully saturated rings. The molecule has 0 amide bonds. The Bertz CT molecular complexity index is 2240. The minimum absolute atomic E-state index is 0.0501. The molecule has 6 rings (SSSR count). The van der Waals surface area contributed by atoms with E-state index in [9.17, 15) is 0 Å². The van der Waals surface area contributed by atoms with Crippen LogP contribution in [0.2, 0.25) is 0 Å². The highest BCUT2D eigenvalue weighted by atomic mass is 16.3. The average molecular weight is 534 g/mol. The van der Waals surface area contributed by atoms with Crippen molar-refractivity contribution in [2.45, 2.75) is 47.8 Å². The van der Waals surface area contributed by atoms with E-state index < -0.39 is 25.5 Å². The Hall–Kier alpha value is -4.17. The van der Waals surface area contributed by atoms with Crippen LogP contribution in [-0.4, -0.2) is 0 Å². The van der Waals surface area contributed by atoms with Gasteiger partial charge >= 0.3 is 0 Å². The van der Waals surface area contributed by atoms with Crippen LogP contribution in [0.5, 0.6) is 0 Å². The van der Waals surface area contributed by atoms with Gasteiger partial charge < -0.3 is 4.42 Å². The molecule has 2 aromatic heterocycles. The highest BCUT2D eigenvalue weighted by Crippen LogP contribution is 2.41. The number of furan rings is 1. The number of fused-ring (bicyclic) bond motifs is 3. The fourth-order valence-electron chi connectivity index (χ4n) is 5.45. The summed E-state index contributed by atoms with van der Waals surface area (Å²) in [6.45, 7) is 1.62. The first-order chi connectivity index (χ1) is 22.7. The Kier molecular flexibility index (Phi) is 4.28. The molecule has 0 bridgehead atoms. The molecule has 0 spiro atoms. The van der Waals surface area contributed by atoms with Crippen LogP contribution in [0.3, 0.4) is 0 Å². The molecule has 2 heteroatoms. The predicted molar refractivity (Wildman–Crippen MR) is 169 cm³/mol. The van der Waals surface area contributed by atoms with Gasteiger partial charge in [-0.05, 0) is 65.8 Å². The van der Waals surface area contributed by atoms with Gasteiger partial charge in [0.05, 0.1) is 6.93 Å². The highest BCUT2D eigenvalue weighted by Gasteiger charge is 2.24. The number of aryl methyl sites for hydroxylation is 4. The summed E-state index contributed by atoms with van der Waals surface area (Å²) in [4.78, 5) is 0. The summed E-state index contributed by atoms with van der Waals surface area (Å²) in [5.74, 6) is 0. The van der Waals surface area contributed by atoms with Gasteiger partial charge in [0.25, 0.3) is 0 Å². The van der Waals surface area contributed by atoms with Crippen LogP contribution in [0.4, 0.5) is 0 Å². The molecule has 0 N–H and O–H groups in total. The third kappa shape index (κ3) is 4.62. The van der Waals surface area contributed by atoms with Gasteiger partial charge in [-0.15, -0.1) is 0 Å². The van der Waals surface area contributed by atoms with E-state index in [1.54, 1.807) is 38.5 Å². The van der Waals surface area contributed by atoms with Gasteiger partial charge in [-0.1, -0.05) is 99.6 Å². The normalized spacial score (nSPS) is 16.3. The Morgan fingerprint density at radius 1 is 0.800 bits per heavy atom. The van der Waals surface area contributed by atoms with Crippen molar-refractivity contribution in [1.29, 1.82) is 0 Å². The monoisotopic (exact) mass is 533 g/mol. The lowest BCUT2D eigenvalue weighted by atomic mass is 9.86. The van der Waals surface area contributed by atoms with Crippen molar-refractivity contribution in [1.82, 2.24) is 0 Å². The number of nitrogens with zero attached hydrogens (tertiary/aromatic N) is 1. The van der Waals surface area contributed by atoms with Gasteiger partial charge in [-0.25, -0.2) is 4.57 Å². The van der Waals surface area contributed by atoms with Crippen LogP contribution >= 0.6 is 0 Å². The van der Waals surface area contributed by atoms with Crippen molar-refractivity contribution >= 4 is 21.9 Å². The van der Waals surface area contributed by atoms with Crippen molar-refractivity contribution < 1.29 is 21.3 Å². The van der Waals surface area contributed by atoms with E-state index >= 15 is 0 Å². The fraction of sp³-hybridized carbons (Fsp3) is 0.237. The van der Waals surface area contributed by atoms with Crippen LogP contribution in [0, 0.1) is 26.0 Å². The van der Waals surface area contributed by atoms with Crippen LogP contribution in [0.1, 0.15) is 55.4 Å². The molecule has 4 aromatic carbocycles. The molecule has 0 radical (unpaired) electrons.